The maximum Gasteiger partial charge on any atom is 0.268 e. The molecule has 35 heteroatoms. The van der Waals surface area contributed by atoms with Gasteiger partial charge in [0.25, 0.3) is 16.7 Å². The van der Waals surface area contributed by atoms with E-state index in [9.17, 15) is 35.6 Å². The van der Waals surface area contributed by atoms with Crippen LogP contribution in [0.2, 0.25) is 0 Å². The van der Waals surface area contributed by atoms with E-state index >= 15 is 0 Å². The van der Waals surface area contributed by atoms with Crippen molar-refractivity contribution in [2.45, 2.75) is 125 Å². The van der Waals surface area contributed by atoms with Crippen molar-refractivity contribution in [2.75, 3.05) is 124 Å². The molecule has 9 aromatic heterocycles. The third kappa shape index (κ3) is 20.5. The zero-order chi connectivity index (χ0) is 85.3. The van der Waals surface area contributed by atoms with Crippen LogP contribution in [0.25, 0.3) is 33.1 Å². The van der Waals surface area contributed by atoms with E-state index in [-0.39, 0.29) is 69.2 Å². The Hall–Kier alpha value is -10.9. The summed E-state index contributed by atoms with van der Waals surface area (Å²) in [6, 6.07) is 40.1. The third-order valence-electron chi connectivity index (χ3n) is 22.7. The first kappa shape index (κ1) is 85.6. The Kier molecular flexibility index (Phi) is 27.1. The van der Waals surface area contributed by atoms with Gasteiger partial charge in [-0.1, -0.05) is 37.0 Å². The molecule has 2 saturated carbocycles. The molecule has 6 N–H and O–H groups in total. The second-order valence-corrected chi connectivity index (χ2v) is 40.0. The molecule has 5 fully saturated rings. The number of thiophene rings is 1. The molecule has 638 valence electrons. The van der Waals surface area contributed by atoms with Gasteiger partial charge in [0.2, 0.25) is 17.8 Å². The van der Waals surface area contributed by atoms with Crippen molar-refractivity contribution < 1.29 is 21.2 Å². The summed E-state index contributed by atoms with van der Waals surface area (Å²) in [5, 5.41) is 24.1. The third-order valence-corrected chi connectivity index (χ3v) is 31.4. The van der Waals surface area contributed by atoms with Crippen LogP contribution in [0.4, 0.5) is 56.4 Å². The summed E-state index contributed by atoms with van der Waals surface area (Å²) in [4.78, 5) is 83.1. The largest absolute Gasteiger partial charge is 0.381 e. The zero-order valence-electron chi connectivity index (χ0n) is 68.6. The van der Waals surface area contributed by atoms with E-state index in [1.54, 1.807) is 56.3 Å². The van der Waals surface area contributed by atoms with Crippen LogP contribution in [0.1, 0.15) is 97.4 Å². The predicted molar refractivity (Wildman–Crippen MR) is 490 cm³/mol. The van der Waals surface area contributed by atoms with Gasteiger partial charge in [0, 0.05) is 160 Å². The van der Waals surface area contributed by atoms with Gasteiger partial charge >= 0.3 is 0 Å². The first-order valence-corrected chi connectivity index (χ1v) is 47.8. The average Bonchev–Trinajstić information content (AvgIpc) is 1.76. The smallest absolute Gasteiger partial charge is 0.268 e. The lowest BCUT2D eigenvalue weighted by atomic mass is 10.0. The second kappa shape index (κ2) is 38.9. The summed E-state index contributed by atoms with van der Waals surface area (Å²) in [5.74, 6) is 3.29. The van der Waals surface area contributed by atoms with E-state index in [1.165, 1.54) is 58.4 Å². The highest BCUT2D eigenvalue weighted by molar-refractivity contribution is 7.93. The predicted octanol–water partition coefficient (Wildman–Crippen LogP) is 12.4. The van der Waals surface area contributed by atoms with Gasteiger partial charge in [-0.3, -0.25) is 32.3 Å². The molecule has 18 rings (SSSR count). The highest BCUT2D eigenvalue weighted by atomic mass is 32.2. The minimum atomic E-state index is -3.60. The van der Waals surface area contributed by atoms with Gasteiger partial charge in [-0.2, -0.15) is 19.3 Å². The number of likely N-dealkylation sites (tertiary alicyclic amines) is 1. The molecule has 3 atom stereocenters. The Bertz CT molecular complexity index is 6360. The molecule has 0 radical (unpaired) electrons. The highest BCUT2D eigenvalue weighted by Crippen LogP contribution is 2.40. The molecule has 2 aliphatic carbocycles. The van der Waals surface area contributed by atoms with Crippen LogP contribution in [0.15, 0.2) is 196 Å². The van der Waals surface area contributed by atoms with Gasteiger partial charge in [0.05, 0.1) is 74.3 Å². The Morgan fingerprint density at radius 1 is 0.634 bits per heavy atom. The maximum absolute atomic E-state index is 14.9. The minimum absolute atomic E-state index is 0.0496. The van der Waals surface area contributed by atoms with Gasteiger partial charge in [-0.15, -0.1) is 29.1 Å². The summed E-state index contributed by atoms with van der Waals surface area (Å²) in [6.07, 6.45) is 22.9. The zero-order valence-corrected chi connectivity index (χ0v) is 73.5. The van der Waals surface area contributed by atoms with Crippen LogP contribution in [-0.4, -0.2) is 190 Å². The van der Waals surface area contributed by atoms with Gasteiger partial charge in [-0.25, -0.2) is 37.0 Å². The van der Waals surface area contributed by atoms with Crippen LogP contribution >= 0.6 is 34.2 Å². The maximum atomic E-state index is 14.9. The molecule has 0 amide bonds. The Balaban J connectivity index is 0.000000137. The number of halogens is 1. The van der Waals surface area contributed by atoms with E-state index in [0.717, 1.165) is 159 Å². The van der Waals surface area contributed by atoms with Crippen LogP contribution in [0.5, 0.6) is 0 Å². The SMILES string of the molecule is C#Cc1cc2cnc(Nc3ccc(N(C)C4CCNCC4)cc3)nc2n(Cc2cnsc2S(=O)(=O)CCN(C)C)c1=O.CN1CCCC(Nc2ccc(Nc3ncc4cc(C5CC5)c(=O)n(Cc5ncsc5S(=O)c5ccccc5)c4n3)cc2)C1.O=c1ccc2cnc(Nc3ccc(N4CCNCC4)c(F)c3)nc2n1Cc1sccc1S(=O)C1CCCC1. The number of aromatic nitrogens is 11. The van der Waals surface area contributed by atoms with Gasteiger partial charge in [0.1, 0.15) is 31.2 Å². The number of terminal acetylenes is 1. The van der Waals surface area contributed by atoms with E-state index < -0.39 is 37.0 Å². The van der Waals surface area contributed by atoms with Crippen molar-refractivity contribution in [1.82, 2.24) is 73.4 Å². The fraction of sp³-hybridized carbons (Fsp3) is 0.352. The van der Waals surface area contributed by atoms with Crippen molar-refractivity contribution in [3.8, 4) is 12.3 Å². The van der Waals surface area contributed by atoms with Crippen molar-refractivity contribution >= 4 is 151 Å². The van der Waals surface area contributed by atoms with Crippen molar-refractivity contribution in [2.24, 2.45) is 0 Å². The average molecular weight is 1770 g/mol. The Morgan fingerprint density at radius 2 is 1.27 bits per heavy atom. The van der Waals surface area contributed by atoms with E-state index in [2.05, 4.69) is 120 Å². The van der Waals surface area contributed by atoms with Gasteiger partial charge in [0.15, 0.2) is 9.84 Å². The number of hydrogen-bond acceptors (Lipinski definition) is 28. The van der Waals surface area contributed by atoms with Gasteiger partial charge in [-0.05, 0) is 218 Å². The molecule has 13 aromatic rings. The van der Waals surface area contributed by atoms with E-state index in [1.807, 2.05) is 97.2 Å². The van der Waals surface area contributed by atoms with Crippen molar-refractivity contribution in [1.29, 1.82) is 0 Å². The number of nitrogens with zero attached hydrogens (tertiary/aromatic N) is 15. The summed E-state index contributed by atoms with van der Waals surface area (Å²) < 4.78 is 77.3. The number of sulfone groups is 1. The quantitative estimate of drug-likeness (QED) is 0.0274. The molecule has 12 heterocycles. The molecular formula is C88H96FN21O7S6. The fourth-order valence-corrected chi connectivity index (χ4v) is 23.6. The number of likely N-dealkylation sites (N-methyl/N-ethyl adjacent to an activating group) is 1. The molecule has 4 aromatic carbocycles. The number of benzene rings is 4. The molecule has 0 spiro atoms. The number of piperazine rings is 1. The lowest BCUT2D eigenvalue weighted by molar-refractivity contribution is 0.261. The number of anilines is 9. The normalized spacial score (nSPS) is 16.5. The summed E-state index contributed by atoms with van der Waals surface area (Å²) in [7, 11) is 1.83. The first-order chi connectivity index (χ1) is 59.7. The van der Waals surface area contributed by atoms with Crippen LogP contribution < -0.4 is 58.4 Å². The van der Waals surface area contributed by atoms with Crippen molar-refractivity contribution in [3.05, 3.63) is 227 Å². The topological polar surface area (TPSA) is 323 Å². The monoisotopic (exact) mass is 1770 g/mol. The number of pyridine rings is 3. The van der Waals surface area contributed by atoms with Crippen LogP contribution in [0, 0.1) is 18.2 Å². The summed E-state index contributed by atoms with van der Waals surface area (Å²) >= 11 is 3.75. The summed E-state index contributed by atoms with van der Waals surface area (Å²) in [5.41, 5.74) is 9.22. The fourth-order valence-electron chi connectivity index (χ4n) is 15.9. The van der Waals surface area contributed by atoms with E-state index in [4.69, 9.17) is 11.4 Å². The number of fused-ring (bicyclic) bond motifs is 3. The number of piperidine rings is 2. The molecule has 5 aliphatic rings. The molecule has 3 aliphatic heterocycles. The molecule has 3 unspecified atom stereocenters. The number of nitrogens with one attached hydrogen (secondary N) is 6. The Morgan fingerprint density at radius 3 is 1.93 bits per heavy atom. The molecule has 28 nitrogen and oxygen atoms in total. The lowest BCUT2D eigenvalue weighted by Crippen LogP contribution is -2.43. The highest BCUT2D eigenvalue weighted by Gasteiger charge is 2.31. The lowest BCUT2D eigenvalue weighted by Gasteiger charge is -2.33. The molecule has 0 bridgehead atoms. The number of rotatable bonds is 26. The van der Waals surface area contributed by atoms with Crippen LogP contribution in [-0.2, 0) is 51.1 Å². The van der Waals surface area contributed by atoms with E-state index in [0.29, 0.717) is 90.0 Å². The molecular weight excluding hydrogens is 1670 g/mol. The van der Waals surface area contributed by atoms with Crippen molar-refractivity contribution in [3.63, 3.8) is 0 Å². The standard InChI is InChI=1S/C32H33N7O2S2.C29H34N8O3S2.C27H29FN6O2S2/c1-38-15-5-6-25(18-38)35-23-11-13-24(14-12-23)36-32-33-17-22-16-27(21-9-10-21)30(40)39(29(22)37-32)19-28-31(42-20-34-28)43(41)26-7-3-2-4-8-26;1-5-20-16-21-17-31-29(33-23-6-8-24(9-7-23)36(4)25-10-12-30-13-11-25)34-26(21)37(27(20)38)19-22-18-32-41-28(22)42(39,40)15-14-35(2)3;28-21-15-19(6-7-22(21)33-12-10-29-11-13-33)31-27-30-16-18-5-8-25(35)34(26(18)32-27)17-23-24(9-14-37-23)38(36)20-3-1-2-4-20/h2-4,7-8,11-14,16-17,20-21,25,35H,5-6,9-10,15,18-19H2,1H3,(H,33,36,37);1,6-9,16-18,25,30H,10-15,19H2,2-4H3,(H,31,33,34);5-9,14-16,20,29H,1-4,10-13,17H2,(H,30,31,32). The summed E-state index contributed by atoms with van der Waals surface area (Å²) in [6.45, 7) is 8.21. The van der Waals surface area contributed by atoms with Crippen LogP contribution in [0.3, 0.4) is 0 Å². The molecule has 3 saturated heterocycles. The number of thiazole rings is 1. The minimum Gasteiger partial charge on any atom is -0.381 e. The van der Waals surface area contributed by atoms with Gasteiger partial charge < -0.3 is 51.5 Å². The molecule has 123 heavy (non-hydrogen) atoms. The number of hydrogen-bond donors (Lipinski definition) is 6. The Labute approximate surface area is 728 Å². The second-order valence-electron chi connectivity index (χ2n) is 31.6. The first-order valence-electron chi connectivity index (χ1n) is 41.2.